The highest BCUT2D eigenvalue weighted by molar-refractivity contribution is 5.87. The minimum Gasteiger partial charge on any atom is -0.480 e. The zero-order valence-corrected chi connectivity index (χ0v) is 24.5. The number of ether oxygens (including phenoxy) is 4. The molecule has 2 saturated heterocycles. The van der Waals surface area contributed by atoms with Gasteiger partial charge in [-0.05, 0) is 48.9 Å². The van der Waals surface area contributed by atoms with E-state index in [1.807, 2.05) is 60.7 Å². The highest BCUT2D eigenvalue weighted by atomic mass is 16.5. The van der Waals surface area contributed by atoms with Crippen molar-refractivity contribution in [3.05, 3.63) is 96.1 Å². The van der Waals surface area contributed by atoms with Crippen molar-refractivity contribution in [3.8, 4) is 11.5 Å². The molecule has 10 nitrogen and oxygen atoms in total. The molecule has 0 aliphatic carbocycles. The molecule has 2 heterocycles. The smallest absolute Gasteiger partial charge is 0.329 e. The van der Waals surface area contributed by atoms with E-state index in [1.54, 1.807) is 24.3 Å². The van der Waals surface area contributed by atoms with E-state index >= 15 is 0 Å². The van der Waals surface area contributed by atoms with Crippen LogP contribution in [0.25, 0.3) is 0 Å². The number of hydrogen-bond donors (Lipinski definition) is 0. The first-order valence-corrected chi connectivity index (χ1v) is 14.8. The molecule has 0 saturated carbocycles. The van der Waals surface area contributed by atoms with Crippen LogP contribution in [0.3, 0.4) is 0 Å². The van der Waals surface area contributed by atoms with E-state index in [0.29, 0.717) is 38.8 Å². The minimum atomic E-state index is -0.660. The molecule has 2 amide bonds. The molecule has 2 aliphatic rings. The Labute approximate surface area is 256 Å². The number of amides is 2. The predicted octanol–water partition coefficient (Wildman–Crippen LogP) is 3.91. The molecule has 230 valence electrons. The van der Waals surface area contributed by atoms with Gasteiger partial charge in [0.2, 0.25) is 0 Å². The Bertz CT molecular complexity index is 1320. The van der Waals surface area contributed by atoms with Gasteiger partial charge in [0.05, 0.1) is 0 Å². The van der Waals surface area contributed by atoms with Crippen molar-refractivity contribution in [1.82, 2.24) is 9.80 Å². The van der Waals surface area contributed by atoms with Crippen molar-refractivity contribution in [3.63, 3.8) is 0 Å². The van der Waals surface area contributed by atoms with Gasteiger partial charge in [-0.1, -0.05) is 72.8 Å². The molecule has 0 bridgehead atoms. The molecule has 5 rings (SSSR count). The Hall–Kier alpha value is -4.86. The molecule has 0 N–H and O–H groups in total. The lowest BCUT2D eigenvalue weighted by Gasteiger charge is -2.24. The number of nitrogens with zero attached hydrogens (tertiary/aromatic N) is 2. The lowest BCUT2D eigenvalue weighted by molar-refractivity contribution is -0.155. The second-order valence-corrected chi connectivity index (χ2v) is 10.7. The summed E-state index contributed by atoms with van der Waals surface area (Å²) in [5, 5.41) is 0. The maximum Gasteiger partial charge on any atom is 0.329 e. The molecular weight excluding hydrogens is 564 g/mol. The van der Waals surface area contributed by atoms with Crippen LogP contribution >= 0.6 is 0 Å². The number of carbonyl (C=O) groups is 4. The van der Waals surface area contributed by atoms with Crippen molar-refractivity contribution in [2.45, 2.75) is 51.0 Å². The van der Waals surface area contributed by atoms with Crippen LogP contribution in [-0.4, -0.2) is 71.9 Å². The summed E-state index contributed by atoms with van der Waals surface area (Å²) in [7, 11) is 0. The van der Waals surface area contributed by atoms with Gasteiger partial charge < -0.3 is 28.7 Å². The average Bonchev–Trinajstić information content (AvgIpc) is 3.76. The largest absolute Gasteiger partial charge is 0.480 e. The van der Waals surface area contributed by atoms with Crippen molar-refractivity contribution >= 4 is 23.8 Å². The molecule has 2 unspecified atom stereocenters. The van der Waals surface area contributed by atoms with E-state index in [-0.39, 0.29) is 49.7 Å². The summed E-state index contributed by atoms with van der Waals surface area (Å²) in [6.45, 7) is 0.544. The zero-order chi connectivity index (χ0) is 30.7. The van der Waals surface area contributed by atoms with E-state index in [1.165, 1.54) is 9.80 Å². The number of likely N-dealkylation sites (tertiary alicyclic amines) is 2. The number of para-hydroxylation sites is 2. The number of carbonyl (C=O) groups excluding carboxylic acids is 4. The molecule has 3 aromatic rings. The molecule has 0 radical (unpaired) electrons. The Kier molecular flexibility index (Phi) is 10.5. The Morgan fingerprint density at radius 1 is 0.568 bits per heavy atom. The molecule has 10 heteroatoms. The summed E-state index contributed by atoms with van der Waals surface area (Å²) < 4.78 is 22.5. The fraction of sp³-hybridized carbons (Fsp3) is 0.353. The van der Waals surface area contributed by atoms with Gasteiger partial charge in [0, 0.05) is 13.1 Å². The van der Waals surface area contributed by atoms with Crippen LogP contribution in [0.5, 0.6) is 11.5 Å². The van der Waals surface area contributed by atoms with Gasteiger partial charge in [-0.25, -0.2) is 9.59 Å². The second-order valence-electron chi connectivity index (χ2n) is 10.7. The monoisotopic (exact) mass is 600 g/mol. The minimum absolute atomic E-state index is 0.144. The Morgan fingerprint density at radius 2 is 0.955 bits per heavy atom. The molecule has 2 atom stereocenters. The summed E-state index contributed by atoms with van der Waals surface area (Å²) in [5.41, 5.74) is 1.75. The lowest BCUT2D eigenvalue weighted by Crippen LogP contribution is -2.43. The topological polar surface area (TPSA) is 112 Å². The molecule has 0 spiro atoms. The average molecular weight is 601 g/mol. The first kappa shape index (κ1) is 30.6. The quantitative estimate of drug-likeness (QED) is 0.288. The second kappa shape index (κ2) is 15.0. The first-order valence-electron chi connectivity index (χ1n) is 14.8. The maximum absolute atomic E-state index is 13.1. The molecule has 3 aromatic carbocycles. The van der Waals surface area contributed by atoms with Crippen LogP contribution in [-0.2, 0) is 41.9 Å². The van der Waals surface area contributed by atoms with Crippen molar-refractivity contribution < 1.29 is 38.1 Å². The van der Waals surface area contributed by atoms with Gasteiger partial charge in [0.25, 0.3) is 11.8 Å². The number of benzene rings is 3. The van der Waals surface area contributed by atoms with Gasteiger partial charge in [-0.2, -0.15) is 0 Å². The van der Waals surface area contributed by atoms with Crippen LogP contribution in [0.4, 0.5) is 0 Å². The molecule has 0 aromatic heterocycles. The fourth-order valence-corrected chi connectivity index (χ4v) is 5.40. The van der Waals surface area contributed by atoms with Crippen LogP contribution < -0.4 is 9.47 Å². The highest BCUT2D eigenvalue weighted by Crippen LogP contribution is 2.28. The third-order valence-electron chi connectivity index (χ3n) is 7.69. The zero-order valence-electron chi connectivity index (χ0n) is 24.5. The van der Waals surface area contributed by atoms with Gasteiger partial charge in [-0.3, -0.25) is 9.59 Å². The fourth-order valence-electron chi connectivity index (χ4n) is 5.40. The number of rotatable bonds is 12. The van der Waals surface area contributed by atoms with E-state index < -0.39 is 24.0 Å². The van der Waals surface area contributed by atoms with Crippen molar-refractivity contribution in [2.24, 2.45) is 0 Å². The van der Waals surface area contributed by atoms with E-state index in [0.717, 1.165) is 11.1 Å². The first-order chi connectivity index (χ1) is 21.5. The summed E-state index contributed by atoms with van der Waals surface area (Å²) in [4.78, 5) is 54.6. The lowest BCUT2D eigenvalue weighted by atomic mass is 10.2. The van der Waals surface area contributed by atoms with Crippen molar-refractivity contribution in [1.29, 1.82) is 0 Å². The van der Waals surface area contributed by atoms with Gasteiger partial charge in [0.15, 0.2) is 24.7 Å². The third kappa shape index (κ3) is 7.94. The Morgan fingerprint density at radius 3 is 1.36 bits per heavy atom. The Balaban J connectivity index is 1.11. The summed E-state index contributed by atoms with van der Waals surface area (Å²) >= 11 is 0. The SMILES string of the molecule is O=C(OCc1ccccc1)C1CCCN1C(=O)COc1ccccc1OCC(=O)N1CCCC1C(=O)OCc1ccccc1. The van der Waals surface area contributed by atoms with Gasteiger partial charge >= 0.3 is 11.9 Å². The summed E-state index contributed by atoms with van der Waals surface area (Å²) in [5.74, 6) is -0.988. The van der Waals surface area contributed by atoms with Crippen LogP contribution in [0.2, 0.25) is 0 Å². The van der Waals surface area contributed by atoms with Crippen LogP contribution in [0, 0.1) is 0 Å². The number of hydrogen-bond acceptors (Lipinski definition) is 8. The van der Waals surface area contributed by atoms with E-state index in [4.69, 9.17) is 18.9 Å². The highest BCUT2D eigenvalue weighted by Gasteiger charge is 2.36. The standard InChI is InChI=1S/C34H36N2O8/c37-31(35-19-9-15-27(35)33(39)43-21-25-11-3-1-4-12-25)23-41-29-17-7-8-18-30(29)42-24-32(38)36-20-10-16-28(36)34(40)44-22-26-13-5-2-6-14-26/h1-8,11-14,17-18,27-28H,9-10,15-16,19-24H2. The third-order valence-corrected chi connectivity index (χ3v) is 7.69. The van der Waals surface area contributed by atoms with Crippen LogP contribution in [0.15, 0.2) is 84.9 Å². The molecule has 2 aliphatic heterocycles. The summed E-state index contributed by atoms with van der Waals surface area (Å²) in [6.07, 6.45) is 2.43. The van der Waals surface area contributed by atoms with Gasteiger partial charge in [-0.15, -0.1) is 0 Å². The molecular formula is C34H36N2O8. The van der Waals surface area contributed by atoms with Crippen LogP contribution in [0.1, 0.15) is 36.8 Å². The number of esters is 2. The normalized spacial score (nSPS) is 17.6. The molecule has 2 fully saturated rings. The van der Waals surface area contributed by atoms with E-state index in [9.17, 15) is 19.2 Å². The van der Waals surface area contributed by atoms with Crippen molar-refractivity contribution in [2.75, 3.05) is 26.3 Å². The predicted molar refractivity (Wildman–Crippen MR) is 159 cm³/mol. The summed E-state index contributed by atoms with van der Waals surface area (Å²) in [6, 6.07) is 24.2. The van der Waals surface area contributed by atoms with Gasteiger partial charge in [0.1, 0.15) is 25.3 Å². The molecule has 44 heavy (non-hydrogen) atoms. The maximum atomic E-state index is 13.1. The van der Waals surface area contributed by atoms with E-state index in [2.05, 4.69) is 0 Å².